The van der Waals surface area contributed by atoms with Crippen LogP contribution in [0.4, 0.5) is 0 Å². The number of amides is 1. The van der Waals surface area contributed by atoms with Gasteiger partial charge in [0.25, 0.3) is 0 Å². The molecule has 3 N–H and O–H groups in total. The van der Waals surface area contributed by atoms with Crippen LogP contribution in [0.2, 0.25) is 0 Å². The molecule has 0 saturated carbocycles. The van der Waals surface area contributed by atoms with Crippen LogP contribution in [0, 0.1) is 0 Å². The normalized spacial score (nSPS) is 12.5. The highest BCUT2D eigenvalue weighted by Gasteiger charge is 2.11. The molecule has 114 valence electrons. The van der Waals surface area contributed by atoms with Gasteiger partial charge in [0.15, 0.2) is 0 Å². The van der Waals surface area contributed by atoms with Crippen LogP contribution in [0.15, 0.2) is 29.1 Å². The van der Waals surface area contributed by atoms with Crippen LogP contribution >= 0.6 is 0 Å². The molecule has 0 aliphatic carbocycles. The van der Waals surface area contributed by atoms with Crippen LogP contribution in [0.5, 0.6) is 0 Å². The molecule has 0 radical (unpaired) electrons. The molecule has 1 unspecified atom stereocenters. The number of hydrogen-bond acceptors (Lipinski definition) is 3. The molecule has 0 saturated heterocycles. The molecule has 21 heavy (non-hydrogen) atoms. The molecule has 1 atom stereocenters. The highest BCUT2D eigenvalue weighted by atomic mass is 16.2. The number of benzene rings is 1. The second-order valence-electron chi connectivity index (χ2n) is 5.35. The third-order valence-corrected chi connectivity index (χ3v) is 3.54. The van der Waals surface area contributed by atoms with Gasteiger partial charge in [-0.3, -0.25) is 13.9 Å². The lowest BCUT2D eigenvalue weighted by Gasteiger charge is -2.07. The molecule has 1 amide bonds. The summed E-state index contributed by atoms with van der Waals surface area (Å²) in [5.74, 6) is -0.0597. The summed E-state index contributed by atoms with van der Waals surface area (Å²) in [6.07, 6.45) is 1.03. The van der Waals surface area contributed by atoms with Crippen molar-refractivity contribution in [2.24, 2.45) is 12.8 Å². The van der Waals surface area contributed by atoms with Gasteiger partial charge < -0.3 is 11.1 Å². The van der Waals surface area contributed by atoms with Crippen LogP contribution in [-0.4, -0.2) is 27.6 Å². The zero-order valence-corrected chi connectivity index (χ0v) is 12.5. The third kappa shape index (κ3) is 3.52. The van der Waals surface area contributed by atoms with Crippen molar-refractivity contribution >= 4 is 16.9 Å². The Labute approximate surface area is 123 Å². The number of carbonyl (C=O) groups excluding carboxylic acids is 1. The van der Waals surface area contributed by atoms with Gasteiger partial charge in [0.05, 0.1) is 11.0 Å². The maximum absolute atomic E-state index is 12.2. The fraction of sp³-hybridized carbons (Fsp3) is 0.467. The van der Waals surface area contributed by atoms with E-state index >= 15 is 0 Å². The molecular formula is C15H22N4O2. The number of aryl methyl sites for hydroxylation is 2. The zero-order valence-electron chi connectivity index (χ0n) is 12.5. The van der Waals surface area contributed by atoms with Crippen LogP contribution < -0.4 is 16.7 Å². The van der Waals surface area contributed by atoms with E-state index in [0.29, 0.717) is 13.1 Å². The van der Waals surface area contributed by atoms with E-state index in [0.717, 1.165) is 17.5 Å². The van der Waals surface area contributed by atoms with Crippen LogP contribution in [0.3, 0.4) is 0 Å². The maximum atomic E-state index is 12.2. The predicted octanol–water partition coefficient (Wildman–Crippen LogP) is 0.584. The smallest absolute Gasteiger partial charge is 0.328 e. The first-order valence-electron chi connectivity index (χ1n) is 7.17. The quantitative estimate of drug-likeness (QED) is 0.816. The zero-order chi connectivity index (χ0) is 15.4. The third-order valence-electron chi connectivity index (χ3n) is 3.54. The summed E-state index contributed by atoms with van der Waals surface area (Å²) < 4.78 is 3.24. The number of imidazole rings is 1. The number of fused-ring (bicyclic) bond motifs is 1. The number of rotatable bonds is 6. The average molecular weight is 290 g/mol. The fourth-order valence-corrected chi connectivity index (χ4v) is 2.32. The highest BCUT2D eigenvalue weighted by molar-refractivity contribution is 5.77. The molecule has 1 heterocycles. The van der Waals surface area contributed by atoms with Crippen molar-refractivity contribution in [2.75, 3.05) is 6.54 Å². The standard InChI is InChI=1S/C15H22N4O2/c1-11(16)7-9-17-14(20)8-10-19-13-6-4-3-5-12(13)18(2)15(19)21/h3-6,11H,7-10,16H2,1-2H3,(H,17,20). The monoisotopic (exact) mass is 290 g/mol. The number of aromatic nitrogens is 2. The van der Waals surface area contributed by atoms with E-state index in [1.165, 1.54) is 0 Å². The van der Waals surface area contributed by atoms with Crippen molar-refractivity contribution in [2.45, 2.75) is 32.4 Å². The lowest BCUT2D eigenvalue weighted by Crippen LogP contribution is -2.30. The van der Waals surface area contributed by atoms with E-state index < -0.39 is 0 Å². The summed E-state index contributed by atoms with van der Waals surface area (Å²) in [6, 6.07) is 7.65. The Kier molecular flexibility index (Phi) is 4.80. The number of para-hydroxylation sites is 2. The van der Waals surface area contributed by atoms with Crippen LogP contribution in [0.25, 0.3) is 11.0 Å². The Bertz CT molecular complexity index is 685. The molecular weight excluding hydrogens is 268 g/mol. The van der Waals surface area contributed by atoms with Gasteiger partial charge in [-0.1, -0.05) is 12.1 Å². The lowest BCUT2D eigenvalue weighted by atomic mass is 10.2. The second kappa shape index (κ2) is 6.58. The van der Waals surface area contributed by atoms with Gasteiger partial charge in [0.2, 0.25) is 5.91 Å². The first-order valence-corrected chi connectivity index (χ1v) is 7.17. The lowest BCUT2D eigenvalue weighted by molar-refractivity contribution is -0.121. The first kappa shape index (κ1) is 15.3. The van der Waals surface area contributed by atoms with E-state index in [1.54, 1.807) is 16.2 Å². The van der Waals surface area contributed by atoms with Gasteiger partial charge in [0, 0.05) is 32.6 Å². The van der Waals surface area contributed by atoms with Crippen molar-refractivity contribution in [3.8, 4) is 0 Å². The van der Waals surface area contributed by atoms with Gasteiger partial charge in [-0.05, 0) is 25.5 Å². The number of nitrogens with one attached hydrogen (secondary N) is 1. The summed E-state index contributed by atoms with van der Waals surface area (Å²) in [5, 5.41) is 2.82. The summed E-state index contributed by atoms with van der Waals surface area (Å²) >= 11 is 0. The predicted molar refractivity (Wildman–Crippen MR) is 83.1 cm³/mol. The molecule has 0 aliphatic heterocycles. The number of nitrogens with two attached hydrogens (primary N) is 1. The minimum Gasteiger partial charge on any atom is -0.356 e. The first-order chi connectivity index (χ1) is 10.0. The van der Waals surface area contributed by atoms with Crippen molar-refractivity contribution in [3.05, 3.63) is 34.7 Å². The molecule has 1 aromatic heterocycles. The Balaban J connectivity index is 2.02. The van der Waals surface area contributed by atoms with E-state index in [-0.39, 0.29) is 24.1 Å². The summed E-state index contributed by atoms with van der Waals surface area (Å²) in [4.78, 5) is 24.0. The summed E-state index contributed by atoms with van der Waals surface area (Å²) in [5.41, 5.74) is 7.26. The Morgan fingerprint density at radius 2 is 2.00 bits per heavy atom. The maximum Gasteiger partial charge on any atom is 0.328 e. The second-order valence-corrected chi connectivity index (χ2v) is 5.35. The van der Waals surface area contributed by atoms with E-state index in [1.807, 2.05) is 31.2 Å². The molecule has 0 fully saturated rings. The largest absolute Gasteiger partial charge is 0.356 e. The van der Waals surface area contributed by atoms with E-state index in [2.05, 4.69) is 5.32 Å². The molecule has 2 aromatic rings. The van der Waals surface area contributed by atoms with Gasteiger partial charge in [-0.2, -0.15) is 0 Å². The van der Waals surface area contributed by atoms with Crippen molar-refractivity contribution < 1.29 is 4.79 Å². The van der Waals surface area contributed by atoms with Gasteiger partial charge in [0.1, 0.15) is 0 Å². The Morgan fingerprint density at radius 3 is 2.67 bits per heavy atom. The van der Waals surface area contributed by atoms with Gasteiger partial charge >= 0.3 is 5.69 Å². The summed E-state index contributed by atoms with van der Waals surface area (Å²) in [6.45, 7) is 2.85. The number of hydrogen-bond donors (Lipinski definition) is 2. The molecule has 0 aliphatic rings. The van der Waals surface area contributed by atoms with E-state index in [4.69, 9.17) is 5.73 Å². The van der Waals surface area contributed by atoms with Crippen LogP contribution in [-0.2, 0) is 18.4 Å². The summed E-state index contributed by atoms with van der Waals surface area (Å²) in [7, 11) is 1.74. The highest BCUT2D eigenvalue weighted by Crippen LogP contribution is 2.11. The molecule has 6 nitrogen and oxygen atoms in total. The minimum absolute atomic E-state index is 0.0597. The van der Waals surface area contributed by atoms with Crippen molar-refractivity contribution in [1.82, 2.24) is 14.5 Å². The molecule has 2 rings (SSSR count). The van der Waals surface area contributed by atoms with Crippen LogP contribution in [0.1, 0.15) is 19.8 Å². The fourth-order valence-electron chi connectivity index (χ4n) is 2.32. The molecule has 0 spiro atoms. The molecule has 6 heteroatoms. The number of nitrogens with zero attached hydrogens (tertiary/aromatic N) is 2. The number of carbonyl (C=O) groups is 1. The van der Waals surface area contributed by atoms with E-state index in [9.17, 15) is 9.59 Å². The van der Waals surface area contributed by atoms with Crippen molar-refractivity contribution in [3.63, 3.8) is 0 Å². The SMILES string of the molecule is CC(N)CCNC(=O)CCn1c(=O)n(C)c2ccccc21. The minimum atomic E-state index is -0.0976. The molecule has 0 bridgehead atoms. The average Bonchev–Trinajstić information content (AvgIpc) is 2.69. The topological polar surface area (TPSA) is 82.1 Å². The Hall–Kier alpha value is -2.08. The van der Waals surface area contributed by atoms with Gasteiger partial charge in [-0.15, -0.1) is 0 Å². The molecule has 1 aromatic carbocycles. The van der Waals surface area contributed by atoms with Gasteiger partial charge in [-0.25, -0.2) is 4.79 Å². The Morgan fingerprint density at radius 1 is 1.33 bits per heavy atom. The van der Waals surface area contributed by atoms with Crippen molar-refractivity contribution in [1.29, 1.82) is 0 Å².